The van der Waals surface area contributed by atoms with E-state index in [1.807, 2.05) is 12.1 Å². The molecule has 2 atom stereocenters. The van der Waals surface area contributed by atoms with Crippen LogP contribution in [0.5, 0.6) is 0 Å². The van der Waals surface area contributed by atoms with Gasteiger partial charge in [-0.2, -0.15) is 5.10 Å². The van der Waals surface area contributed by atoms with Crippen LogP contribution < -0.4 is 5.73 Å². The first-order valence-electron chi connectivity index (χ1n) is 5.82. The number of anilines is 1. The maximum Gasteiger partial charge on any atom is 0.154 e. The second-order valence-corrected chi connectivity index (χ2v) is 4.44. The molecule has 2 aromatic heterocycles. The molecule has 2 aromatic rings. The second-order valence-electron chi connectivity index (χ2n) is 4.44. The Morgan fingerprint density at radius 1 is 1.47 bits per heavy atom. The summed E-state index contributed by atoms with van der Waals surface area (Å²) in [5.74, 6) is 1.27. The highest BCUT2D eigenvalue weighted by molar-refractivity contribution is 5.56. The average molecular weight is 233 g/mol. The molecule has 3 N–H and O–H groups in total. The van der Waals surface area contributed by atoms with Crippen molar-refractivity contribution in [1.29, 1.82) is 0 Å². The molecule has 1 aliphatic rings. The van der Waals surface area contributed by atoms with Crippen molar-refractivity contribution in [2.24, 2.45) is 0 Å². The van der Waals surface area contributed by atoms with Crippen molar-refractivity contribution in [3.05, 3.63) is 24.5 Å². The lowest BCUT2D eigenvalue weighted by molar-refractivity contribution is 0.131. The number of nitrogens with zero attached hydrogens (tertiary/aromatic N) is 2. The van der Waals surface area contributed by atoms with Crippen LogP contribution in [0, 0.1) is 0 Å². The summed E-state index contributed by atoms with van der Waals surface area (Å²) in [6.45, 7) is 0. The van der Waals surface area contributed by atoms with Crippen LogP contribution in [0.3, 0.4) is 0 Å². The topological polar surface area (TPSA) is 77.2 Å². The molecule has 1 saturated carbocycles. The minimum absolute atomic E-state index is 0.00119. The summed E-state index contributed by atoms with van der Waals surface area (Å²) in [5, 5.41) is 14.3. The summed E-state index contributed by atoms with van der Waals surface area (Å²) in [7, 11) is 0. The van der Waals surface area contributed by atoms with Gasteiger partial charge >= 0.3 is 0 Å². The van der Waals surface area contributed by atoms with Gasteiger partial charge in [0.1, 0.15) is 11.5 Å². The smallest absolute Gasteiger partial charge is 0.154 e. The number of aromatic nitrogens is 2. The van der Waals surface area contributed by atoms with Gasteiger partial charge in [-0.05, 0) is 31.4 Å². The molecule has 1 aliphatic carbocycles. The summed E-state index contributed by atoms with van der Waals surface area (Å²) in [6.07, 6.45) is 4.02. The zero-order valence-corrected chi connectivity index (χ0v) is 9.41. The van der Waals surface area contributed by atoms with Crippen molar-refractivity contribution in [2.45, 2.75) is 31.4 Å². The molecule has 5 nitrogen and oxygen atoms in total. The van der Waals surface area contributed by atoms with Crippen LogP contribution in [-0.4, -0.2) is 21.0 Å². The number of aliphatic hydroxyl groups is 1. The number of furan rings is 1. The molecular formula is C12H15N3O2. The Balaban J connectivity index is 1.96. The Morgan fingerprint density at radius 3 is 3.00 bits per heavy atom. The lowest BCUT2D eigenvalue weighted by atomic mass is 10.2. The van der Waals surface area contributed by atoms with Crippen molar-refractivity contribution in [3.8, 4) is 11.5 Å². The number of nitrogen functional groups attached to an aromatic ring is 1. The molecule has 0 aliphatic heterocycles. The molecule has 90 valence electrons. The minimum Gasteiger partial charge on any atom is -0.463 e. The molecule has 2 heterocycles. The summed E-state index contributed by atoms with van der Waals surface area (Å²) >= 11 is 0. The van der Waals surface area contributed by atoms with Crippen molar-refractivity contribution < 1.29 is 9.52 Å². The summed E-state index contributed by atoms with van der Waals surface area (Å²) < 4.78 is 7.00. The van der Waals surface area contributed by atoms with Crippen LogP contribution in [0.1, 0.15) is 25.3 Å². The first-order chi connectivity index (χ1) is 8.25. The highest BCUT2D eigenvalue weighted by Gasteiger charge is 2.29. The van der Waals surface area contributed by atoms with E-state index in [9.17, 15) is 5.11 Å². The third-order valence-electron chi connectivity index (χ3n) is 3.30. The van der Waals surface area contributed by atoms with Gasteiger partial charge in [-0.1, -0.05) is 0 Å². The van der Waals surface area contributed by atoms with E-state index in [0.29, 0.717) is 17.3 Å². The second kappa shape index (κ2) is 3.92. The Hall–Kier alpha value is -1.75. The normalized spacial score (nSPS) is 24.3. The van der Waals surface area contributed by atoms with Crippen LogP contribution in [0.2, 0.25) is 0 Å². The van der Waals surface area contributed by atoms with E-state index in [4.69, 9.17) is 10.2 Å². The number of aliphatic hydroxyl groups excluding tert-OH is 1. The number of rotatable bonds is 2. The molecule has 5 heteroatoms. The van der Waals surface area contributed by atoms with Gasteiger partial charge < -0.3 is 15.3 Å². The summed E-state index contributed by atoms with van der Waals surface area (Å²) in [4.78, 5) is 0. The quantitative estimate of drug-likeness (QED) is 0.829. The first-order valence-corrected chi connectivity index (χ1v) is 5.82. The van der Waals surface area contributed by atoms with Crippen LogP contribution in [0.4, 0.5) is 5.82 Å². The van der Waals surface area contributed by atoms with Gasteiger partial charge in [0.15, 0.2) is 5.76 Å². The lowest BCUT2D eigenvalue weighted by Crippen LogP contribution is -2.20. The summed E-state index contributed by atoms with van der Waals surface area (Å²) in [5.41, 5.74) is 6.65. The van der Waals surface area contributed by atoms with Gasteiger partial charge in [-0.25, -0.2) is 4.68 Å². The molecule has 0 radical (unpaired) electrons. The van der Waals surface area contributed by atoms with E-state index in [1.54, 1.807) is 17.0 Å². The Bertz CT molecular complexity index is 504. The van der Waals surface area contributed by atoms with E-state index < -0.39 is 0 Å². The fourth-order valence-electron chi connectivity index (χ4n) is 2.43. The largest absolute Gasteiger partial charge is 0.463 e. The number of hydrogen-bond donors (Lipinski definition) is 2. The van der Waals surface area contributed by atoms with Crippen molar-refractivity contribution in [2.75, 3.05) is 5.73 Å². The van der Waals surface area contributed by atoms with Gasteiger partial charge in [0, 0.05) is 6.07 Å². The molecule has 0 saturated heterocycles. The molecule has 0 amide bonds. The highest BCUT2D eigenvalue weighted by Crippen LogP contribution is 2.33. The van der Waals surface area contributed by atoms with Crippen LogP contribution in [0.15, 0.2) is 28.9 Å². The number of hydrogen-bond acceptors (Lipinski definition) is 4. The van der Waals surface area contributed by atoms with E-state index in [1.165, 1.54) is 0 Å². The predicted molar refractivity (Wildman–Crippen MR) is 63.2 cm³/mol. The molecule has 0 bridgehead atoms. The van der Waals surface area contributed by atoms with Gasteiger partial charge in [-0.15, -0.1) is 0 Å². The van der Waals surface area contributed by atoms with Crippen molar-refractivity contribution in [3.63, 3.8) is 0 Å². The summed E-state index contributed by atoms with van der Waals surface area (Å²) in [6, 6.07) is 5.44. The van der Waals surface area contributed by atoms with Gasteiger partial charge in [0.05, 0.1) is 18.4 Å². The van der Waals surface area contributed by atoms with Crippen molar-refractivity contribution in [1.82, 2.24) is 9.78 Å². The molecule has 0 spiro atoms. The molecule has 3 rings (SSSR count). The van der Waals surface area contributed by atoms with E-state index in [-0.39, 0.29) is 12.1 Å². The van der Waals surface area contributed by atoms with Gasteiger partial charge in [0.2, 0.25) is 0 Å². The standard InChI is InChI=1S/C12H15N3O2/c13-12-7-8(11-5-2-6-17-11)14-15(12)9-3-1-4-10(9)16/h2,5-7,9-10,16H,1,3-4,13H2. The lowest BCUT2D eigenvalue weighted by Gasteiger charge is -2.16. The zero-order valence-electron chi connectivity index (χ0n) is 9.41. The van der Waals surface area contributed by atoms with E-state index in [0.717, 1.165) is 19.3 Å². The van der Waals surface area contributed by atoms with E-state index in [2.05, 4.69) is 5.10 Å². The fraction of sp³-hybridized carbons (Fsp3) is 0.417. The average Bonchev–Trinajstić information content (AvgIpc) is 2.98. The SMILES string of the molecule is Nc1cc(-c2ccco2)nn1C1CCCC1O. The van der Waals surface area contributed by atoms with Crippen LogP contribution in [0.25, 0.3) is 11.5 Å². The van der Waals surface area contributed by atoms with E-state index >= 15 is 0 Å². The Kier molecular flexibility index (Phi) is 2.40. The molecule has 1 fully saturated rings. The Morgan fingerprint density at radius 2 is 2.35 bits per heavy atom. The third-order valence-corrected chi connectivity index (χ3v) is 3.30. The van der Waals surface area contributed by atoms with Crippen LogP contribution in [-0.2, 0) is 0 Å². The van der Waals surface area contributed by atoms with Gasteiger partial charge in [-0.3, -0.25) is 0 Å². The predicted octanol–water partition coefficient (Wildman–Crippen LogP) is 1.81. The van der Waals surface area contributed by atoms with Crippen molar-refractivity contribution >= 4 is 5.82 Å². The third kappa shape index (κ3) is 1.72. The number of nitrogens with two attached hydrogens (primary N) is 1. The van der Waals surface area contributed by atoms with Gasteiger partial charge in [0.25, 0.3) is 0 Å². The first kappa shape index (κ1) is 10.4. The zero-order chi connectivity index (χ0) is 11.8. The maximum absolute atomic E-state index is 9.87. The maximum atomic E-state index is 9.87. The van der Waals surface area contributed by atoms with Crippen LogP contribution >= 0.6 is 0 Å². The molecular weight excluding hydrogens is 218 g/mol. The molecule has 0 aromatic carbocycles. The Labute approximate surface area is 98.8 Å². The monoisotopic (exact) mass is 233 g/mol. The fourth-order valence-corrected chi connectivity index (χ4v) is 2.43. The molecule has 2 unspecified atom stereocenters. The highest BCUT2D eigenvalue weighted by atomic mass is 16.3. The molecule has 17 heavy (non-hydrogen) atoms. The minimum atomic E-state index is -0.346.